The zero-order chi connectivity index (χ0) is 21.8. The smallest absolute Gasteiger partial charge is 0.0736 e. The van der Waals surface area contributed by atoms with Crippen LogP contribution in [-0.2, 0) is 5.41 Å². The lowest BCUT2D eigenvalue weighted by Crippen LogP contribution is -2.31. The van der Waals surface area contributed by atoms with Gasteiger partial charge in [-0.2, -0.15) is 0 Å². The summed E-state index contributed by atoms with van der Waals surface area (Å²) in [5.41, 5.74) is 10.00. The molecule has 1 aliphatic heterocycles. The highest BCUT2D eigenvalue weighted by Gasteiger charge is 2.50. The van der Waals surface area contributed by atoms with Crippen LogP contribution in [0.1, 0.15) is 22.3 Å². The van der Waals surface area contributed by atoms with E-state index in [1.807, 2.05) is 11.8 Å². The molecule has 0 aromatic heterocycles. The molecule has 0 atom stereocenters. The SMILES string of the molecule is c1ccc(Nc2cccc3c2-c2ccccc2C32c3ccccc3Sc3ccccc32)cc1. The van der Waals surface area contributed by atoms with Crippen LogP contribution in [0.5, 0.6) is 0 Å². The van der Waals surface area contributed by atoms with E-state index in [9.17, 15) is 0 Å². The monoisotopic (exact) mass is 439 g/mol. The van der Waals surface area contributed by atoms with Crippen LogP contribution < -0.4 is 5.32 Å². The largest absolute Gasteiger partial charge is 0.355 e. The van der Waals surface area contributed by atoms with Crippen molar-refractivity contribution in [2.24, 2.45) is 0 Å². The van der Waals surface area contributed by atoms with Crippen LogP contribution >= 0.6 is 11.8 Å². The number of fused-ring (bicyclic) bond motifs is 9. The Morgan fingerprint density at radius 2 is 1.06 bits per heavy atom. The number of hydrogen-bond acceptors (Lipinski definition) is 2. The zero-order valence-corrected chi connectivity index (χ0v) is 18.8. The van der Waals surface area contributed by atoms with Crippen LogP contribution in [0.25, 0.3) is 11.1 Å². The van der Waals surface area contributed by atoms with Gasteiger partial charge in [0.05, 0.1) is 5.41 Å². The topological polar surface area (TPSA) is 12.0 Å². The third-order valence-corrected chi connectivity index (χ3v) is 8.08. The third-order valence-electron chi connectivity index (χ3n) is 6.92. The van der Waals surface area contributed by atoms with Crippen molar-refractivity contribution < 1.29 is 0 Å². The van der Waals surface area contributed by atoms with Crippen molar-refractivity contribution in [2.45, 2.75) is 15.2 Å². The van der Waals surface area contributed by atoms with E-state index in [0.717, 1.165) is 11.4 Å². The van der Waals surface area contributed by atoms with E-state index in [1.54, 1.807) is 0 Å². The summed E-state index contributed by atoms with van der Waals surface area (Å²) in [4.78, 5) is 2.67. The molecule has 1 N–H and O–H groups in total. The van der Waals surface area contributed by atoms with Crippen LogP contribution in [0.2, 0.25) is 0 Å². The van der Waals surface area contributed by atoms with Gasteiger partial charge in [0.25, 0.3) is 0 Å². The number of para-hydroxylation sites is 1. The van der Waals surface area contributed by atoms with Gasteiger partial charge in [-0.1, -0.05) is 103 Å². The summed E-state index contributed by atoms with van der Waals surface area (Å²) in [6.45, 7) is 0. The normalized spacial score (nSPS) is 14.2. The lowest BCUT2D eigenvalue weighted by molar-refractivity contribution is 0.722. The molecule has 1 nitrogen and oxygen atoms in total. The van der Waals surface area contributed by atoms with E-state index < -0.39 is 0 Å². The van der Waals surface area contributed by atoms with Crippen molar-refractivity contribution in [3.8, 4) is 11.1 Å². The fourth-order valence-electron chi connectivity index (χ4n) is 5.68. The molecule has 156 valence electrons. The van der Waals surface area contributed by atoms with Gasteiger partial charge < -0.3 is 5.32 Å². The Labute approximate surface area is 198 Å². The summed E-state index contributed by atoms with van der Waals surface area (Å²) in [6, 6.07) is 44.0. The molecular weight excluding hydrogens is 418 g/mol. The molecule has 1 aliphatic carbocycles. The van der Waals surface area contributed by atoms with Crippen molar-refractivity contribution in [2.75, 3.05) is 5.32 Å². The van der Waals surface area contributed by atoms with Gasteiger partial charge in [-0.05, 0) is 58.1 Å². The van der Waals surface area contributed by atoms with Gasteiger partial charge in [-0.15, -0.1) is 0 Å². The second-order valence-corrected chi connectivity index (χ2v) is 9.69. The van der Waals surface area contributed by atoms with Crippen LogP contribution in [0, 0.1) is 0 Å². The number of rotatable bonds is 2. The second kappa shape index (κ2) is 7.13. The maximum atomic E-state index is 3.71. The number of benzene rings is 5. The molecule has 0 radical (unpaired) electrons. The fourth-order valence-corrected chi connectivity index (χ4v) is 6.88. The minimum absolute atomic E-state index is 0.321. The molecule has 1 heterocycles. The van der Waals surface area contributed by atoms with Crippen molar-refractivity contribution in [1.29, 1.82) is 0 Å². The Morgan fingerprint density at radius 1 is 0.485 bits per heavy atom. The van der Waals surface area contributed by atoms with Crippen LogP contribution in [0.3, 0.4) is 0 Å². The Morgan fingerprint density at radius 3 is 1.79 bits per heavy atom. The van der Waals surface area contributed by atoms with E-state index in [4.69, 9.17) is 0 Å². The Kier molecular flexibility index (Phi) is 4.06. The molecule has 2 heteroatoms. The molecule has 0 unspecified atom stereocenters. The highest BCUT2D eigenvalue weighted by molar-refractivity contribution is 7.99. The second-order valence-electron chi connectivity index (χ2n) is 8.61. The molecule has 0 saturated carbocycles. The first-order valence-corrected chi connectivity index (χ1v) is 12.1. The van der Waals surface area contributed by atoms with Gasteiger partial charge in [0.2, 0.25) is 0 Å². The average Bonchev–Trinajstić information content (AvgIpc) is 3.17. The maximum absolute atomic E-state index is 3.71. The van der Waals surface area contributed by atoms with E-state index >= 15 is 0 Å². The Bertz CT molecular complexity index is 1470. The highest BCUT2D eigenvalue weighted by Crippen LogP contribution is 2.63. The number of nitrogens with one attached hydrogen (secondary N) is 1. The molecule has 0 fully saturated rings. The van der Waals surface area contributed by atoms with Gasteiger partial charge in [-0.3, -0.25) is 0 Å². The van der Waals surface area contributed by atoms with Crippen molar-refractivity contribution in [1.82, 2.24) is 0 Å². The van der Waals surface area contributed by atoms with E-state index in [0.29, 0.717) is 0 Å². The predicted molar refractivity (Wildman–Crippen MR) is 138 cm³/mol. The highest BCUT2D eigenvalue weighted by atomic mass is 32.2. The van der Waals surface area contributed by atoms with Gasteiger partial charge in [0.15, 0.2) is 0 Å². The molecular formula is C31H21NS. The molecule has 0 amide bonds. The van der Waals surface area contributed by atoms with Gasteiger partial charge in [-0.25, -0.2) is 0 Å². The average molecular weight is 440 g/mol. The molecule has 1 spiro atoms. The fraction of sp³-hybridized carbons (Fsp3) is 0.0323. The first kappa shape index (κ1) is 18.8. The summed E-state index contributed by atoms with van der Waals surface area (Å²) in [5, 5.41) is 3.71. The minimum Gasteiger partial charge on any atom is -0.355 e. The van der Waals surface area contributed by atoms with E-state index in [-0.39, 0.29) is 5.41 Å². The summed E-state index contributed by atoms with van der Waals surface area (Å²) >= 11 is 1.88. The summed E-state index contributed by atoms with van der Waals surface area (Å²) in [7, 11) is 0. The first-order chi connectivity index (χ1) is 16.4. The van der Waals surface area contributed by atoms with Crippen molar-refractivity contribution >= 4 is 23.1 Å². The maximum Gasteiger partial charge on any atom is 0.0736 e. The molecule has 0 bridgehead atoms. The molecule has 33 heavy (non-hydrogen) atoms. The first-order valence-electron chi connectivity index (χ1n) is 11.3. The summed E-state index contributed by atoms with van der Waals surface area (Å²) in [5.74, 6) is 0. The van der Waals surface area contributed by atoms with Crippen LogP contribution in [-0.4, -0.2) is 0 Å². The summed E-state index contributed by atoms with van der Waals surface area (Å²) in [6.07, 6.45) is 0. The molecule has 0 saturated heterocycles. The van der Waals surface area contributed by atoms with Crippen molar-refractivity contribution in [3.05, 3.63) is 144 Å². The lowest BCUT2D eigenvalue weighted by atomic mass is 9.67. The molecule has 7 rings (SSSR count). The quantitative estimate of drug-likeness (QED) is 0.291. The van der Waals surface area contributed by atoms with Gasteiger partial charge in [0.1, 0.15) is 0 Å². The lowest BCUT2D eigenvalue weighted by Gasteiger charge is -2.39. The molecule has 5 aromatic carbocycles. The van der Waals surface area contributed by atoms with Gasteiger partial charge in [0, 0.05) is 26.7 Å². The van der Waals surface area contributed by atoms with Crippen molar-refractivity contribution in [3.63, 3.8) is 0 Å². The Hall–Kier alpha value is -3.75. The zero-order valence-electron chi connectivity index (χ0n) is 18.0. The molecule has 2 aliphatic rings. The van der Waals surface area contributed by atoms with Crippen LogP contribution in [0.15, 0.2) is 131 Å². The number of hydrogen-bond donors (Lipinski definition) is 1. The van der Waals surface area contributed by atoms with E-state index in [2.05, 4.69) is 127 Å². The summed E-state index contributed by atoms with van der Waals surface area (Å²) < 4.78 is 0. The predicted octanol–water partition coefficient (Wildman–Crippen LogP) is 8.26. The van der Waals surface area contributed by atoms with Gasteiger partial charge >= 0.3 is 0 Å². The third kappa shape index (κ3) is 2.56. The molecule has 5 aromatic rings. The standard InChI is InChI=1S/C31H21NS/c1-2-11-21(12-3-1)32-27-18-10-17-26-30(27)22-13-4-5-14-23(22)31(26)24-15-6-8-19-28(24)33-29-20-9-7-16-25(29)31/h1-20,32H. The Balaban J connectivity index is 1.60. The van der Waals surface area contributed by atoms with E-state index in [1.165, 1.54) is 43.2 Å². The number of anilines is 2. The van der Waals surface area contributed by atoms with Crippen LogP contribution in [0.4, 0.5) is 11.4 Å². The minimum atomic E-state index is -0.321.